The predicted octanol–water partition coefficient (Wildman–Crippen LogP) is 5.31. The Labute approximate surface area is 176 Å². The van der Waals surface area contributed by atoms with E-state index in [1.165, 1.54) is 0 Å². The third-order valence-corrected chi connectivity index (χ3v) is 12.9. The van der Waals surface area contributed by atoms with Crippen molar-refractivity contribution in [3.05, 3.63) is 79.1 Å². The predicted molar refractivity (Wildman–Crippen MR) is 124 cm³/mol. The van der Waals surface area contributed by atoms with Crippen LogP contribution in [0.3, 0.4) is 0 Å². The Kier molecular flexibility index (Phi) is 6.19. The Morgan fingerprint density at radius 1 is 0.893 bits per heavy atom. The molecule has 150 valence electrons. The monoisotopic (exact) mass is 528 g/mol. The molecule has 2 aromatic carbocycles. The molecule has 1 heterocycles. The standard InChI is InChI=1S/C21H25IO4SSi/c1-16-9-11-19(12-10-16)27(23,24)26-22(18-8-6-7-17(2)15-18)20-13-14-21(25-20)28(3,4)5/h6-15H,1-5H3. The van der Waals surface area contributed by atoms with E-state index in [-0.39, 0.29) is 4.90 Å². The molecular formula is C21H25IO4SSi. The van der Waals surface area contributed by atoms with Crippen molar-refractivity contribution >= 4 is 43.8 Å². The van der Waals surface area contributed by atoms with Crippen LogP contribution in [0.4, 0.5) is 0 Å². The van der Waals surface area contributed by atoms with Gasteiger partial charge in [0.05, 0.1) is 0 Å². The van der Waals surface area contributed by atoms with Gasteiger partial charge in [-0.2, -0.15) is 0 Å². The van der Waals surface area contributed by atoms with Gasteiger partial charge in [-0.15, -0.1) is 0 Å². The summed E-state index contributed by atoms with van der Waals surface area (Å²) in [4.78, 5) is 0.171. The summed E-state index contributed by atoms with van der Waals surface area (Å²) in [6, 6.07) is 18.4. The third kappa shape index (κ3) is 4.94. The van der Waals surface area contributed by atoms with Gasteiger partial charge in [0, 0.05) is 0 Å². The zero-order valence-electron chi connectivity index (χ0n) is 16.7. The molecule has 0 atom stereocenters. The molecule has 28 heavy (non-hydrogen) atoms. The van der Waals surface area contributed by atoms with Crippen LogP contribution in [-0.4, -0.2) is 16.5 Å². The van der Waals surface area contributed by atoms with Crippen LogP contribution in [0.5, 0.6) is 0 Å². The normalized spacial score (nSPS) is 12.8. The van der Waals surface area contributed by atoms with E-state index in [9.17, 15) is 8.42 Å². The van der Waals surface area contributed by atoms with Gasteiger partial charge < -0.3 is 0 Å². The van der Waals surface area contributed by atoms with E-state index in [1.807, 2.05) is 50.2 Å². The van der Waals surface area contributed by atoms with Crippen LogP contribution in [-0.2, 0) is 12.6 Å². The average molecular weight is 528 g/mol. The zero-order valence-corrected chi connectivity index (χ0v) is 20.7. The van der Waals surface area contributed by atoms with Gasteiger partial charge in [0.25, 0.3) is 0 Å². The summed E-state index contributed by atoms with van der Waals surface area (Å²) in [5, 5.41) is 0.953. The van der Waals surface area contributed by atoms with Crippen LogP contribution in [0.1, 0.15) is 11.1 Å². The van der Waals surface area contributed by atoms with Gasteiger partial charge >= 0.3 is 177 Å². The average Bonchev–Trinajstić information content (AvgIpc) is 3.10. The summed E-state index contributed by atoms with van der Waals surface area (Å²) >= 11 is -2.79. The molecule has 7 heteroatoms. The van der Waals surface area contributed by atoms with Crippen LogP contribution in [0.2, 0.25) is 19.6 Å². The van der Waals surface area contributed by atoms with E-state index in [4.69, 9.17) is 6.93 Å². The second kappa shape index (κ2) is 8.14. The zero-order chi connectivity index (χ0) is 20.5. The summed E-state index contributed by atoms with van der Waals surface area (Å²) in [7, 11) is -5.54. The second-order valence-electron chi connectivity index (χ2n) is 7.73. The molecule has 4 nitrogen and oxygen atoms in total. The number of benzene rings is 2. The molecule has 0 N–H and O–H groups in total. The third-order valence-electron chi connectivity index (χ3n) is 4.12. The first-order chi connectivity index (χ1) is 13.1. The quantitative estimate of drug-likeness (QED) is 0.322. The Morgan fingerprint density at radius 2 is 1.57 bits per heavy atom. The minimum absolute atomic E-state index is 0.171. The fourth-order valence-corrected chi connectivity index (χ4v) is 10.6. The molecule has 3 rings (SSSR count). The van der Waals surface area contributed by atoms with Crippen LogP contribution in [0.25, 0.3) is 0 Å². The topological polar surface area (TPSA) is 56.5 Å². The van der Waals surface area contributed by atoms with Crippen molar-refractivity contribution in [3.8, 4) is 0 Å². The van der Waals surface area contributed by atoms with Crippen molar-refractivity contribution in [2.45, 2.75) is 38.4 Å². The van der Waals surface area contributed by atoms with Gasteiger partial charge in [0.15, 0.2) is 0 Å². The van der Waals surface area contributed by atoms with Crippen molar-refractivity contribution in [3.63, 3.8) is 0 Å². The van der Waals surface area contributed by atoms with E-state index in [2.05, 4.69) is 19.6 Å². The number of hydrogen-bond donors (Lipinski definition) is 0. The molecule has 3 aromatic rings. The Bertz CT molecular complexity index is 1070. The van der Waals surface area contributed by atoms with Crippen molar-refractivity contribution < 1.29 is 15.3 Å². The van der Waals surface area contributed by atoms with Gasteiger partial charge in [-0.3, -0.25) is 0 Å². The summed E-state index contributed by atoms with van der Waals surface area (Å²) in [5.74, 6) is 0. The molecule has 0 amide bonds. The SMILES string of the molecule is Cc1ccc(S(=O)(=O)OI(c2cccc(C)c2)c2ccc([Si](C)(C)C)o2)cc1. The first-order valence-electron chi connectivity index (χ1n) is 8.95. The first-order valence-corrected chi connectivity index (χ1v) is 16.9. The number of halogens is 1. The van der Waals surface area contributed by atoms with Gasteiger partial charge in [-0.25, -0.2) is 0 Å². The fourth-order valence-electron chi connectivity index (χ4n) is 2.52. The van der Waals surface area contributed by atoms with Crippen LogP contribution >= 0.6 is 20.2 Å². The molecule has 0 aliphatic heterocycles. The number of furan rings is 1. The van der Waals surface area contributed by atoms with Crippen molar-refractivity contribution in [1.82, 2.24) is 0 Å². The Balaban J connectivity index is 2.04. The van der Waals surface area contributed by atoms with E-state index < -0.39 is 38.4 Å². The summed E-state index contributed by atoms with van der Waals surface area (Å²) in [5.41, 5.74) is 2.06. The molecule has 0 unspecified atom stereocenters. The maximum atomic E-state index is 13.0. The van der Waals surface area contributed by atoms with E-state index >= 15 is 0 Å². The summed E-state index contributed by atoms with van der Waals surface area (Å²) in [6.45, 7) is 10.5. The first kappa shape index (κ1) is 21.3. The minimum atomic E-state index is -3.89. The molecular weight excluding hydrogens is 503 g/mol. The van der Waals surface area contributed by atoms with E-state index in [1.54, 1.807) is 24.3 Å². The van der Waals surface area contributed by atoms with Crippen LogP contribution in [0, 0.1) is 21.2 Å². The molecule has 0 aliphatic carbocycles. The number of hydrogen-bond acceptors (Lipinski definition) is 4. The van der Waals surface area contributed by atoms with Gasteiger partial charge in [-0.05, 0) is 0 Å². The Hall–Kier alpha value is -1.42. The second-order valence-corrected chi connectivity index (χ2v) is 19.0. The molecule has 0 saturated carbocycles. The van der Waals surface area contributed by atoms with E-state index in [0.717, 1.165) is 20.1 Å². The molecule has 1 aromatic heterocycles. The molecule has 0 spiro atoms. The van der Waals surface area contributed by atoms with Gasteiger partial charge in [0.2, 0.25) is 0 Å². The summed E-state index contributed by atoms with van der Waals surface area (Å²) < 4.78 is 39.5. The number of aryl methyl sites for hydroxylation is 2. The van der Waals surface area contributed by atoms with Gasteiger partial charge in [0.1, 0.15) is 0 Å². The fraction of sp³-hybridized carbons (Fsp3) is 0.238. The van der Waals surface area contributed by atoms with Crippen LogP contribution in [0.15, 0.2) is 70.0 Å². The van der Waals surface area contributed by atoms with Crippen molar-refractivity contribution in [2.24, 2.45) is 0 Å². The number of rotatable bonds is 6. The van der Waals surface area contributed by atoms with E-state index in [0.29, 0.717) is 3.77 Å². The summed E-state index contributed by atoms with van der Waals surface area (Å²) in [6.07, 6.45) is 0. The molecule has 0 fully saturated rings. The van der Waals surface area contributed by atoms with Crippen molar-refractivity contribution in [1.29, 1.82) is 0 Å². The van der Waals surface area contributed by atoms with Gasteiger partial charge in [-0.1, -0.05) is 0 Å². The molecule has 0 bridgehead atoms. The van der Waals surface area contributed by atoms with Crippen LogP contribution < -0.4 is 5.38 Å². The molecule has 0 radical (unpaired) electrons. The van der Waals surface area contributed by atoms with Crippen molar-refractivity contribution in [2.75, 3.05) is 0 Å². The Morgan fingerprint density at radius 3 is 2.14 bits per heavy atom. The molecule has 0 saturated heterocycles. The molecule has 0 aliphatic rings. The maximum absolute atomic E-state index is 13.0.